The van der Waals surface area contributed by atoms with Crippen LogP contribution in [0, 0.1) is 6.92 Å². The molecule has 17 heavy (non-hydrogen) atoms. The van der Waals surface area contributed by atoms with E-state index in [1.165, 1.54) is 0 Å². The first-order valence-electron chi connectivity index (χ1n) is 5.53. The van der Waals surface area contributed by atoms with Crippen LogP contribution in [0.2, 0.25) is 0 Å². The molecule has 1 rings (SSSR count). The molecule has 1 amide bonds. The minimum absolute atomic E-state index is 0.200. The molecule has 0 aliphatic carbocycles. The summed E-state index contributed by atoms with van der Waals surface area (Å²) in [5, 5.41) is 12.0. The van der Waals surface area contributed by atoms with E-state index in [2.05, 4.69) is 5.32 Å². The number of phenols is 1. The second-order valence-electron chi connectivity index (χ2n) is 5.03. The normalized spacial score (nSPS) is 11.1. The molecule has 1 aromatic rings. The molecule has 94 valence electrons. The summed E-state index contributed by atoms with van der Waals surface area (Å²) in [4.78, 5) is 11.4. The summed E-state index contributed by atoms with van der Waals surface area (Å²) in [6.45, 7) is 7.65. The fraction of sp³-hybridized carbons (Fsp3) is 0.462. The van der Waals surface area contributed by atoms with Gasteiger partial charge in [-0.05, 0) is 51.0 Å². The molecule has 0 saturated heterocycles. The zero-order valence-corrected chi connectivity index (χ0v) is 10.7. The van der Waals surface area contributed by atoms with E-state index in [-0.39, 0.29) is 5.75 Å². The van der Waals surface area contributed by atoms with E-state index in [1.807, 2.05) is 33.8 Å². The minimum atomic E-state index is -0.501. The van der Waals surface area contributed by atoms with Crippen LogP contribution in [0.3, 0.4) is 0 Å². The number of benzene rings is 1. The van der Waals surface area contributed by atoms with Gasteiger partial charge in [0.15, 0.2) is 0 Å². The number of aromatic hydroxyl groups is 1. The van der Waals surface area contributed by atoms with Crippen molar-refractivity contribution in [1.29, 1.82) is 0 Å². The predicted octanol–water partition coefficient (Wildman–Crippen LogP) is 2.73. The molecule has 0 heterocycles. The van der Waals surface area contributed by atoms with Gasteiger partial charge in [-0.25, -0.2) is 4.79 Å². The number of alkyl carbamates (subject to hydrolysis) is 1. The Hall–Kier alpha value is -1.71. The summed E-state index contributed by atoms with van der Waals surface area (Å²) >= 11 is 0. The molecular weight excluding hydrogens is 218 g/mol. The van der Waals surface area contributed by atoms with E-state index in [1.54, 1.807) is 12.1 Å². The Morgan fingerprint density at radius 3 is 2.53 bits per heavy atom. The number of ether oxygens (including phenoxy) is 1. The van der Waals surface area contributed by atoms with Crippen molar-refractivity contribution in [2.75, 3.05) is 0 Å². The van der Waals surface area contributed by atoms with Crippen LogP contribution in [0.15, 0.2) is 18.2 Å². The van der Waals surface area contributed by atoms with Crippen molar-refractivity contribution < 1.29 is 14.6 Å². The van der Waals surface area contributed by atoms with Crippen molar-refractivity contribution in [1.82, 2.24) is 5.32 Å². The topological polar surface area (TPSA) is 58.6 Å². The summed E-state index contributed by atoms with van der Waals surface area (Å²) in [5.41, 5.74) is 1.29. The number of amides is 1. The van der Waals surface area contributed by atoms with Crippen molar-refractivity contribution in [3.8, 4) is 5.75 Å². The number of carbonyl (C=O) groups is 1. The van der Waals surface area contributed by atoms with Crippen LogP contribution in [-0.2, 0) is 11.3 Å². The zero-order chi connectivity index (χ0) is 13.1. The summed E-state index contributed by atoms with van der Waals surface area (Å²) < 4.78 is 5.11. The van der Waals surface area contributed by atoms with Crippen molar-refractivity contribution in [2.45, 2.75) is 39.8 Å². The van der Waals surface area contributed by atoms with Gasteiger partial charge >= 0.3 is 6.09 Å². The second-order valence-corrected chi connectivity index (χ2v) is 5.03. The molecule has 0 bridgehead atoms. The first kappa shape index (κ1) is 13.4. The van der Waals surface area contributed by atoms with Gasteiger partial charge < -0.3 is 15.2 Å². The molecule has 2 N–H and O–H groups in total. The number of hydrogen-bond acceptors (Lipinski definition) is 3. The van der Waals surface area contributed by atoms with Gasteiger partial charge in [-0.2, -0.15) is 0 Å². The van der Waals surface area contributed by atoms with Gasteiger partial charge in [-0.15, -0.1) is 0 Å². The second kappa shape index (κ2) is 5.08. The molecule has 0 aromatic heterocycles. The highest BCUT2D eigenvalue weighted by molar-refractivity contribution is 5.67. The third kappa shape index (κ3) is 5.24. The van der Waals surface area contributed by atoms with Gasteiger partial charge in [0.25, 0.3) is 0 Å². The first-order valence-corrected chi connectivity index (χ1v) is 5.53. The van der Waals surface area contributed by atoms with E-state index in [0.29, 0.717) is 6.54 Å². The van der Waals surface area contributed by atoms with Crippen molar-refractivity contribution in [2.24, 2.45) is 0 Å². The van der Waals surface area contributed by atoms with E-state index in [9.17, 15) is 9.90 Å². The molecule has 0 fully saturated rings. The Morgan fingerprint density at radius 1 is 1.35 bits per heavy atom. The van der Waals surface area contributed by atoms with E-state index < -0.39 is 11.7 Å². The third-order valence-corrected chi connectivity index (χ3v) is 1.96. The van der Waals surface area contributed by atoms with Gasteiger partial charge in [0.2, 0.25) is 0 Å². The fourth-order valence-corrected chi connectivity index (χ4v) is 1.43. The molecule has 4 nitrogen and oxygen atoms in total. The number of carbonyl (C=O) groups excluding carboxylic acids is 1. The highest BCUT2D eigenvalue weighted by atomic mass is 16.6. The maximum atomic E-state index is 11.4. The number of rotatable bonds is 2. The largest absolute Gasteiger partial charge is 0.508 e. The van der Waals surface area contributed by atoms with Gasteiger partial charge in [-0.3, -0.25) is 0 Å². The van der Waals surface area contributed by atoms with Crippen LogP contribution in [0.5, 0.6) is 5.75 Å². The van der Waals surface area contributed by atoms with Gasteiger partial charge in [0.1, 0.15) is 11.4 Å². The average molecular weight is 237 g/mol. The summed E-state index contributed by atoms with van der Waals surface area (Å²) in [6.07, 6.45) is -0.460. The third-order valence-electron chi connectivity index (χ3n) is 1.96. The molecule has 0 radical (unpaired) electrons. The number of phenolic OH excluding ortho intramolecular Hbond substituents is 1. The molecule has 0 unspecified atom stereocenters. The molecule has 1 aromatic carbocycles. The summed E-state index contributed by atoms with van der Waals surface area (Å²) in [5.74, 6) is 0.200. The Labute approximate surface area is 102 Å². The first-order chi connectivity index (χ1) is 7.76. The van der Waals surface area contributed by atoms with Crippen LogP contribution >= 0.6 is 0 Å². The smallest absolute Gasteiger partial charge is 0.407 e. The Morgan fingerprint density at radius 2 is 2.00 bits per heavy atom. The van der Waals surface area contributed by atoms with Crippen LogP contribution in [0.1, 0.15) is 31.9 Å². The summed E-state index contributed by atoms with van der Waals surface area (Å²) in [7, 11) is 0. The number of hydrogen-bond donors (Lipinski definition) is 2. The van der Waals surface area contributed by atoms with Crippen LogP contribution in [0.25, 0.3) is 0 Å². The minimum Gasteiger partial charge on any atom is -0.508 e. The van der Waals surface area contributed by atoms with Crippen LogP contribution in [0.4, 0.5) is 4.79 Å². The maximum Gasteiger partial charge on any atom is 0.407 e. The van der Waals surface area contributed by atoms with E-state index >= 15 is 0 Å². The summed E-state index contributed by atoms with van der Waals surface area (Å²) in [6, 6.07) is 5.18. The molecule has 0 aliphatic rings. The van der Waals surface area contributed by atoms with Crippen molar-refractivity contribution in [3.63, 3.8) is 0 Å². The Kier molecular flexibility index (Phi) is 3.99. The maximum absolute atomic E-state index is 11.4. The fourth-order valence-electron chi connectivity index (χ4n) is 1.43. The lowest BCUT2D eigenvalue weighted by atomic mass is 10.1. The molecule has 0 spiro atoms. The standard InChI is InChI=1S/C13H19NO3/c1-9-5-10(7-11(15)6-9)8-14-12(16)17-13(2,3)4/h5-7,15H,8H2,1-4H3,(H,14,16). The van der Waals surface area contributed by atoms with Gasteiger partial charge in [0, 0.05) is 6.54 Å². The molecule has 0 atom stereocenters. The van der Waals surface area contributed by atoms with Crippen LogP contribution in [-0.4, -0.2) is 16.8 Å². The lowest BCUT2D eigenvalue weighted by Crippen LogP contribution is -2.32. The monoisotopic (exact) mass is 237 g/mol. The molecular formula is C13H19NO3. The SMILES string of the molecule is Cc1cc(O)cc(CNC(=O)OC(C)(C)C)c1. The Bertz CT molecular complexity index is 387. The molecule has 0 aliphatic heterocycles. The van der Waals surface area contributed by atoms with Crippen molar-refractivity contribution in [3.05, 3.63) is 29.3 Å². The number of aryl methyl sites for hydroxylation is 1. The van der Waals surface area contributed by atoms with E-state index in [0.717, 1.165) is 11.1 Å². The van der Waals surface area contributed by atoms with E-state index in [4.69, 9.17) is 4.74 Å². The predicted molar refractivity (Wildman–Crippen MR) is 65.9 cm³/mol. The average Bonchev–Trinajstić information content (AvgIpc) is 2.10. The van der Waals surface area contributed by atoms with Crippen LogP contribution < -0.4 is 5.32 Å². The Balaban J connectivity index is 2.53. The molecule has 0 saturated carbocycles. The van der Waals surface area contributed by atoms with Gasteiger partial charge in [0.05, 0.1) is 0 Å². The highest BCUT2D eigenvalue weighted by Gasteiger charge is 2.15. The highest BCUT2D eigenvalue weighted by Crippen LogP contribution is 2.15. The van der Waals surface area contributed by atoms with Gasteiger partial charge in [-0.1, -0.05) is 6.07 Å². The lowest BCUT2D eigenvalue weighted by Gasteiger charge is -2.19. The van der Waals surface area contributed by atoms with Crippen molar-refractivity contribution >= 4 is 6.09 Å². The lowest BCUT2D eigenvalue weighted by molar-refractivity contribution is 0.0523. The molecule has 4 heteroatoms. The zero-order valence-electron chi connectivity index (χ0n) is 10.7. The number of nitrogens with one attached hydrogen (secondary N) is 1. The quantitative estimate of drug-likeness (QED) is 0.831.